The van der Waals surface area contributed by atoms with Crippen LogP contribution in [0.15, 0.2) is 47.7 Å². The van der Waals surface area contributed by atoms with Gasteiger partial charge in [0, 0.05) is 16.8 Å². The van der Waals surface area contributed by atoms with Gasteiger partial charge in [0.05, 0.1) is 11.4 Å². The lowest BCUT2D eigenvalue weighted by Gasteiger charge is -2.02. The molecule has 2 N–H and O–H groups in total. The third-order valence-electron chi connectivity index (χ3n) is 2.40. The van der Waals surface area contributed by atoms with Gasteiger partial charge in [-0.15, -0.1) is 0 Å². The molecular formula is C13H12ClN3O. The van der Waals surface area contributed by atoms with Crippen LogP contribution in [0.5, 0.6) is 0 Å². The van der Waals surface area contributed by atoms with Crippen LogP contribution >= 0.6 is 11.6 Å². The number of amides is 1. The van der Waals surface area contributed by atoms with Crippen LogP contribution < -0.4 is 5.43 Å². The highest BCUT2D eigenvalue weighted by Gasteiger charge is 2.05. The topological polar surface area (TPSA) is 57.2 Å². The monoisotopic (exact) mass is 261 g/mol. The Morgan fingerprint density at radius 3 is 2.83 bits per heavy atom. The van der Waals surface area contributed by atoms with E-state index in [2.05, 4.69) is 15.5 Å². The van der Waals surface area contributed by atoms with Gasteiger partial charge in [-0.05, 0) is 37.3 Å². The SMILES string of the molecule is C/C(=N\NC(=O)c1cccc(Cl)c1)c1ccc[nH]1. The van der Waals surface area contributed by atoms with Crippen LogP contribution in [0.1, 0.15) is 23.0 Å². The van der Waals surface area contributed by atoms with Crippen LogP contribution in [-0.2, 0) is 0 Å². The Hall–Kier alpha value is -2.07. The average molecular weight is 262 g/mol. The fraction of sp³-hybridized carbons (Fsp3) is 0.0769. The first-order valence-electron chi connectivity index (χ1n) is 5.41. The van der Waals surface area contributed by atoms with E-state index in [1.165, 1.54) is 0 Å². The molecule has 18 heavy (non-hydrogen) atoms. The zero-order chi connectivity index (χ0) is 13.0. The molecule has 0 radical (unpaired) electrons. The largest absolute Gasteiger partial charge is 0.360 e. The number of rotatable bonds is 3. The fourth-order valence-electron chi connectivity index (χ4n) is 1.44. The van der Waals surface area contributed by atoms with Gasteiger partial charge >= 0.3 is 0 Å². The van der Waals surface area contributed by atoms with Crippen LogP contribution in [0.3, 0.4) is 0 Å². The van der Waals surface area contributed by atoms with Crippen LogP contribution in [0.25, 0.3) is 0 Å². The molecule has 0 saturated carbocycles. The molecule has 0 atom stereocenters. The lowest BCUT2D eigenvalue weighted by atomic mass is 10.2. The Morgan fingerprint density at radius 1 is 1.33 bits per heavy atom. The number of hydrogen-bond acceptors (Lipinski definition) is 2. The zero-order valence-electron chi connectivity index (χ0n) is 9.77. The van der Waals surface area contributed by atoms with Crippen molar-refractivity contribution in [2.24, 2.45) is 5.10 Å². The van der Waals surface area contributed by atoms with Crippen molar-refractivity contribution in [3.63, 3.8) is 0 Å². The zero-order valence-corrected chi connectivity index (χ0v) is 10.5. The standard InChI is InChI=1S/C13H12ClN3O/c1-9(12-6-3-7-15-12)16-17-13(18)10-4-2-5-11(14)8-10/h2-8,15H,1H3,(H,17,18)/b16-9+. The number of halogens is 1. The predicted molar refractivity (Wildman–Crippen MR) is 71.9 cm³/mol. The molecule has 4 nitrogen and oxygen atoms in total. The molecule has 0 saturated heterocycles. The predicted octanol–water partition coefficient (Wildman–Crippen LogP) is 2.82. The van der Waals surface area contributed by atoms with Gasteiger partial charge in [-0.2, -0.15) is 5.10 Å². The number of hydrogen-bond donors (Lipinski definition) is 2. The maximum absolute atomic E-state index is 11.8. The van der Waals surface area contributed by atoms with Crippen molar-refractivity contribution in [1.29, 1.82) is 0 Å². The van der Waals surface area contributed by atoms with E-state index in [1.807, 2.05) is 19.1 Å². The molecule has 92 valence electrons. The van der Waals surface area contributed by atoms with Gasteiger partial charge in [0.15, 0.2) is 0 Å². The first-order valence-corrected chi connectivity index (χ1v) is 5.78. The van der Waals surface area contributed by atoms with Crippen LogP contribution in [0, 0.1) is 0 Å². The average Bonchev–Trinajstić information content (AvgIpc) is 2.89. The summed E-state index contributed by atoms with van der Waals surface area (Å²) >= 11 is 5.81. The lowest BCUT2D eigenvalue weighted by Crippen LogP contribution is -2.19. The minimum Gasteiger partial charge on any atom is -0.360 e. The molecule has 0 aliphatic rings. The highest BCUT2D eigenvalue weighted by Crippen LogP contribution is 2.10. The number of nitrogens with one attached hydrogen (secondary N) is 2. The van der Waals surface area contributed by atoms with E-state index in [0.717, 1.165) is 5.69 Å². The van der Waals surface area contributed by atoms with Gasteiger partial charge in [-0.1, -0.05) is 17.7 Å². The smallest absolute Gasteiger partial charge is 0.271 e. The molecule has 1 heterocycles. The van der Waals surface area contributed by atoms with E-state index in [9.17, 15) is 4.79 Å². The minimum absolute atomic E-state index is 0.289. The van der Waals surface area contributed by atoms with E-state index in [1.54, 1.807) is 30.5 Å². The van der Waals surface area contributed by atoms with E-state index in [0.29, 0.717) is 16.3 Å². The molecule has 2 rings (SSSR count). The molecule has 0 aliphatic heterocycles. The molecule has 1 aromatic carbocycles. The summed E-state index contributed by atoms with van der Waals surface area (Å²) in [5.74, 6) is -0.289. The molecule has 5 heteroatoms. The minimum atomic E-state index is -0.289. The molecule has 0 bridgehead atoms. The Balaban J connectivity index is 2.07. The van der Waals surface area contributed by atoms with Crippen molar-refractivity contribution in [2.75, 3.05) is 0 Å². The second-order valence-electron chi connectivity index (χ2n) is 3.73. The van der Waals surface area contributed by atoms with Crippen LogP contribution in [0.4, 0.5) is 0 Å². The van der Waals surface area contributed by atoms with Crippen LogP contribution in [0.2, 0.25) is 5.02 Å². The Bertz CT molecular complexity index is 576. The first kappa shape index (κ1) is 12.4. The van der Waals surface area contributed by atoms with E-state index in [4.69, 9.17) is 11.6 Å². The fourth-order valence-corrected chi connectivity index (χ4v) is 1.63. The molecular weight excluding hydrogens is 250 g/mol. The Kier molecular flexibility index (Phi) is 3.79. The van der Waals surface area contributed by atoms with E-state index < -0.39 is 0 Å². The van der Waals surface area contributed by atoms with Crippen molar-refractivity contribution < 1.29 is 4.79 Å². The van der Waals surface area contributed by atoms with E-state index >= 15 is 0 Å². The number of nitrogens with zero attached hydrogens (tertiary/aromatic N) is 1. The van der Waals surface area contributed by atoms with Crippen molar-refractivity contribution >= 4 is 23.2 Å². The van der Waals surface area contributed by atoms with Gasteiger partial charge in [-0.3, -0.25) is 4.79 Å². The summed E-state index contributed by atoms with van der Waals surface area (Å²) in [6, 6.07) is 10.5. The third kappa shape index (κ3) is 2.99. The summed E-state index contributed by atoms with van der Waals surface area (Å²) in [6.07, 6.45) is 1.80. The summed E-state index contributed by atoms with van der Waals surface area (Å²) in [5, 5.41) is 4.54. The first-order chi connectivity index (χ1) is 8.66. The summed E-state index contributed by atoms with van der Waals surface area (Å²) in [6.45, 7) is 1.81. The summed E-state index contributed by atoms with van der Waals surface area (Å²) < 4.78 is 0. The number of hydrazone groups is 1. The van der Waals surface area contributed by atoms with Crippen molar-refractivity contribution in [1.82, 2.24) is 10.4 Å². The summed E-state index contributed by atoms with van der Waals surface area (Å²) in [7, 11) is 0. The number of benzene rings is 1. The van der Waals surface area contributed by atoms with Crippen molar-refractivity contribution in [3.05, 3.63) is 58.9 Å². The third-order valence-corrected chi connectivity index (χ3v) is 2.63. The maximum Gasteiger partial charge on any atom is 0.271 e. The van der Waals surface area contributed by atoms with Gasteiger partial charge in [0.2, 0.25) is 0 Å². The van der Waals surface area contributed by atoms with Gasteiger partial charge in [-0.25, -0.2) is 5.43 Å². The second kappa shape index (κ2) is 5.51. The summed E-state index contributed by atoms with van der Waals surface area (Å²) in [5.41, 5.74) is 4.53. The Labute approximate surface area is 110 Å². The molecule has 1 amide bonds. The number of aromatic nitrogens is 1. The quantitative estimate of drug-likeness (QED) is 0.648. The highest BCUT2D eigenvalue weighted by molar-refractivity contribution is 6.30. The van der Waals surface area contributed by atoms with Crippen LogP contribution in [-0.4, -0.2) is 16.6 Å². The molecule has 0 unspecified atom stereocenters. The maximum atomic E-state index is 11.8. The molecule has 0 spiro atoms. The second-order valence-corrected chi connectivity index (χ2v) is 4.17. The number of carbonyl (C=O) groups is 1. The number of carbonyl (C=O) groups excluding carboxylic acids is 1. The van der Waals surface area contributed by atoms with Crippen molar-refractivity contribution in [3.8, 4) is 0 Å². The molecule has 2 aromatic rings. The molecule has 1 aromatic heterocycles. The summed E-state index contributed by atoms with van der Waals surface area (Å²) in [4.78, 5) is 14.8. The van der Waals surface area contributed by atoms with E-state index in [-0.39, 0.29) is 5.91 Å². The normalized spacial score (nSPS) is 11.3. The van der Waals surface area contributed by atoms with Crippen molar-refractivity contribution in [2.45, 2.75) is 6.92 Å². The Morgan fingerprint density at radius 2 is 2.17 bits per heavy atom. The molecule has 0 aliphatic carbocycles. The number of aromatic amines is 1. The lowest BCUT2D eigenvalue weighted by molar-refractivity contribution is 0.0955. The van der Waals surface area contributed by atoms with Gasteiger partial charge < -0.3 is 4.98 Å². The van der Waals surface area contributed by atoms with Gasteiger partial charge in [0.1, 0.15) is 0 Å². The molecule has 0 fully saturated rings. The number of H-pyrrole nitrogens is 1. The highest BCUT2D eigenvalue weighted by atomic mass is 35.5. The van der Waals surface area contributed by atoms with Gasteiger partial charge in [0.25, 0.3) is 5.91 Å².